The molecule has 1 aliphatic rings. The van der Waals surface area contributed by atoms with Gasteiger partial charge in [-0.2, -0.15) is 0 Å². The normalized spacial score (nSPS) is 21.6. The molecule has 17 heavy (non-hydrogen) atoms. The van der Waals surface area contributed by atoms with Crippen LogP contribution in [0, 0.1) is 0 Å². The number of morpholine rings is 1. The Labute approximate surface area is 103 Å². The van der Waals surface area contributed by atoms with Crippen molar-refractivity contribution in [1.29, 1.82) is 0 Å². The van der Waals surface area contributed by atoms with Gasteiger partial charge in [-0.3, -0.25) is 4.79 Å². The molecule has 0 bridgehead atoms. The second-order valence-electron chi connectivity index (χ2n) is 5.03. The number of carbonyl (C=O) groups is 1. The van der Waals surface area contributed by atoms with Crippen LogP contribution in [0.4, 0.5) is 0 Å². The van der Waals surface area contributed by atoms with E-state index in [0.29, 0.717) is 26.1 Å². The molecule has 0 aromatic carbocycles. The van der Waals surface area contributed by atoms with E-state index in [1.165, 1.54) is 0 Å². The number of amides is 1. The van der Waals surface area contributed by atoms with Crippen molar-refractivity contribution < 1.29 is 14.3 Å². The minimum Gasteiger partial charge on any atom is -0.378 e. The zero-order valence-corrected chi connectivity index (χ0v) is 11.3. The van der Waals surface area contributed by atoms with Gasteiger partial charge >= 0.3 is 0 Å². The lowest BCUT2D eigenvalue weighted by molar-refractivity contribution is -0.143. The molecule has 0 radical (unpaired) electrons. The molecule has 1 N–H and O–H groups in total. The Kier molecular flexibility index (Phi) is 5.36. The van der Waals surface area contributed by atoms with E-state index in [4.69, 9.17) is 9.47 Å². The maximum atomic E-state index is 12.1. The summed E-state index contributed by atoms with van der Waals surface area (Å²) < 4.78 is 10.8. The number of methoxy groups -OCH3 is 1. The lowest BCUT2D eigenvalue weighted by atomic mass is 10.0. The van der Waals surface area contributed by atoms with Crippen LogP contribution in [0.25, 0.3) is 0 Å². The first-order valence-electron chi connectivity index (χ1n) is 6.07. The Morgan fingerprint density at radius 3 is 2.88 bits per heavy atom. The largest absolute Gasteiger partial charge is 0.378 e. The SMILES string of the molecule is CNCC1CN(C(=O)CC(C)(C)OC)CCO1. The van der Waals surface area contributed by atoms with Gasteiger partial charge in [-0.1, -0.05) is 0 Å². The third kappa shape index (κ3) is 4.61. The summed E-state index contributed by atoms with van der Waals surface area (Å²) in [6.45, 7) is 6.59. The van der Waals surface area contributed by atoms with Gasteiger partial charge in [0.15, 0.2) is 0 Å². The fourth-order valence-corrected chi connectivity index (χ4v) is 1.85. The smallest absolute Gasteiger partial charge is 0.225 e. The lowest BCUT2D eigenvalue weighted by Crippen LogP contribution is -2.49. The molecular formula is C12H24N2O3. The third-order valence-corrected chi connectivity index (χ3v) is 3.05. The highest BCUT2D eigenvalue weighted by atomic mass is 16.5. The van der Waals surface area contributed by atoms with E-state index in [9.17, 15) is 4.79 Å². The van der Waals surface area contributed by atoms with E-state index >= 15 is 0 Å². The van der Waals surface area contributed by atoms with Gasteiger partial charge in [0.05, 0.1) is 24.7 Å². The molecule has 1 amide bonds. The van der Waals surface area contributed by atoms with E-state index in [-0.39, 0.29) is 12.0 Å². The number of ether oxygens (including phenoxy) is 2. The molecule has 1 fully saturated rings. The second-order valence-corrected chi connectivity index (χ2v) is 5.03. The van der Waals surface area contributed by atoms with E-state index in [1.807, 2.05) is 25.8 Å². The quantitative estimate of drug-likeness (QED) is 0.753. The average molecular weight is 244 g/mol. The van der Waals surface area contributed by atoms with E-state index in [1.54, 1.807) is 7.11 Å². The van der Waals surface area contributed by atoms with Crippen LogP contribution in [0.15, 0.2) is 0 Å². The Morgan fingerprint density at radius 2 is 2.29 bits per heavy atom. The Bertz CT molecular complexity index is 254. The van der Waals surface area contributed by atoms with Crippen molar-refractivity contribution in [2.24, 2.45) is 0 Å². The summed E-state index contributed by atoms with van der Waals surface area (Å²) in [6.07, 6.45) is 0.513. The van der Waals surface area contributed by atoms with Crippen molar-refractivity contribution in [3.05, 3.63) is 0 Å². The van der Waals surface area contributed by atoms with Crippen LogP contribution in [0.5, 0.6) is 0 Å². The molecule has 0 saturated carbocycles. The summed E-state index contributed by atoms with van der Waals surface area (Å²) >= 11 is 0. The van der Waals surface area contributed by atoms with Crippen LogP contribution in [0.3, 0.4) is 0 Å². The van der Waals surface area contributed by atoms with Gasteiger partial charge in [0.1, 0.15) is 0 Å². The maximum absolute atomic E-state index is 12.1. The van der Waals surface area contributed by atoms with Crippen molar-refractivity contribution in [3.63, 3.8) is 0 Å². The summed E-state index contributed by atoms with van der Waals surface area (Å²) in [4.78, 5) is 14.0. The minimum atomic E-state index is -0.395. The predicted octanol–water partition coefficient (Wildman–Crippen LogP) is 0.248. The van der Waals surface area contributed by atoms with Crippen molar-refractivity contribution >= 4 is 5.91 Å². The van der Waals surface area contributed by atoms with Crippen LogP contribution < -0.4 is 5.32 Å². The highest BCUT2D eigenvalue weighted by Gasteiger charge is 2.28. The first kappa shape index (κ1) is 14.4. The molecule has 0 aromatic rings. The molecule has 0 spiro atoms. The topological polar surface area (TPSA) is 50.8 Å². The zero-order chi connectivity index (χ0) is 12.9. The molecule has 1 unspecified atom stereocenters. The average Bonchev–Trinajstić information content (AvgIpc) is 2.29. The highest BCUT2D eigenvalue weighted by Crippen LogP contribution is 2.16. The molecule has 0 aliphatic carbocycles. The number of hydrogen-bond acceptors (Lipinski definition) is 4. The zero-order valence-electron chi connectivity index (χ0n) is 11.3. The Morgan fingerprint density at radius 1 is 1.59 bits per heavy atom. The fraction of sp³-hybridized carbons (Fsp3) is 0.917. The molecular weight excluding hydrogens is 220 g/mol. The monoisotopic (exact) mass is 244 g/mol. The van der Waals surface area contributed by atoms with Crippen LogP contribution in [0.1, 0.15) is 20.3 Å². The van der Waals surface area contributed by atoms with Crippen LogP contribution >= 0.6 is 0 Å². The van der Waals surface area contributed by atoms with Crippen molar-refractivity contribution in [2.75, 3.05) is 40.4 Å². The molecule has 100 valence electrons. The highest BCUT2D eigenvalue weighted by molar-refractivity contribution is 5.77. The Balaban J connectivity index is 2.46. The standard InChI is InChI=1S/C12H24N2O3/c1-12(2,16-4)7-11(15)14-5-6-17-10(9-14)8-13-3/h10,13H,5-9H2,1-4H3. The van der Waals surface area contributed by atoms with Crippen LogP contribution in [-0.2, 0) is 14.3 Å². The van der Waals surface area contributed by atoms with Gasteiger partial charge in [-0.25, -0.2) is 0 Å². The summed E-state index contributed by atoms with van der Waals surface area (Å²) in [5, 5.41) is 3.07. The van der Waals surface area contributed by atoms with Crippen molar-refractivity contribution in [2.45, 2.75) is 32.0 Å². The number of rotatable bonds is 5. The number of hydrogen-bond donors (Lipinski definition) is 1. The summed E-state index contributed by atoms with van der Waals surface area (Å²) in [5.41, 5.74) is -0.395. The third-order valence-electron chi connectivity index (χ3n) is 3.05. The number of nitrogens with zero attached hydrogens (tertiary/aromatic N) is 1. The van der Waals surface area contributed by atoms with Gasteiger partial charge < -0.3 is 19.7 Å². The molecule has 5 heteroatoms. The van der Waals surface area contributed by atoms with Gasteiger partial charge in [-0.15, -0.1) is 0 Å². The Hall–Kier alpha value is -0.650. The molecule has 0 aromatic heterocycles. The first-order chi connectivity index (χ1) is 7.98. The van der Waals surface area contributed by atoms with Gasteiger partial charge in [-0.05, 0) is 20.9 Å². The number of carbonyl (C=O) groups excluding carboxylic acids is 1. The van der Waals surface area contributed by atoms with Crippen molar-refractivity contribution in [3.8, 4) is 0 Å². The molecule has 5 nitrogen and oxygen atoms in total. The molecule has 1 atom stereocenters. The number of likely N-dealkylation sites (N-methyl/N-ethyl adjacent to an activating group) is 1. The van der Waals surface area contributed by atoms with Gasteiger partial charge in [0.2, 0.25) is 5.91 Å². The second kappa shape index (κ2) is 6.33. The molecule has 1 heterocycles. The van der Waals surface area contributed by atoms with Gasteiger partial charge in [0, 0.05) is 26.7 Å². The molecule has 1 saturated heterocycles. The fourth-order valence-electron chi connectivity index (χ4n) is 1.85. The van der Waals surface area contributed by atoms with Crippen LogP contribution in [-0.4, -0.2) is 62.9 Å². The van der Waals surface area contributed by atoms with Crippen LogP contribution in [0.2, 0.25) is 0 Å². The summed E-state index contributed by atoms with van der Waals surface area (Å²) in [6, 6.07) is 0. The molecule has 1 aliphatic heterocycles. The van der Waals surface area contributed by atoms with Crippen molar-refractivity contribution in [1.82, 2.24) is 10.2 Å². The minimum absolute atomic E-state index is 0.100. The number of nitrogens with one attached hydrogen (secondary N) is 1. The first-order valence-corrected chi connectivity index (χ1v) is 6.07. The van der Waals surface area contributed by atoms with E-state index in [2.05, 4.69) is 5.32 Å². The molecule has 1 rings (SSSR count). The lowest BCUT2D eigenvalue weighted by Gasteiger charge is -2.34. The summed E-state index contributed by atoms with van der Waals surface area (Å²) in [5.74, 6) is 0.140. The maximum Gasteiger partial charge on any atom is 0.225 e. The summed E-state index contributed by atoms with van der Waals surface area (Å²) in [7, 11) is 3.52. The van der Waals surface area contributed by atoms with E-state index in [0.717, 1.165) is 6.54 Å². The van der Waals surface area contributed by atoms with Gasteiger partial charge in [0.25, 0.3) is 0 Å². The van der Waals surface area contributed by atoms with E-state index < -0.39 is 5.60 Å². The predicted molar refractivity (Wildman–Crippen MR) is 66.0 cm³/mol.